The lowest BCUT2D eigenvalue weighted by molar-refractivity contribution is 0.119. The summed E-state index contributed by atoms with van der Waals surface area (Å²) in [4.78, 5) is 4.36. The molecular formula is C11H16N2O. The number of fused-ring (bicyclic) bond motifs is 1. The number of nitrogens with zero attached hydrogens (tertiary/aromatic N) is 1. The van der Waals surface area contributed by atoms with E-state index in [1.165, 1.54) is 0 Å². The molecule has 0 fully saturated rings. The van der Waals surface area contributed by atoms with Crippen LogP contribution >= 0.6 is 0 Å². The van der Waals surface area contributed by atoms with Gasteiger partial charge in [-0.3, -0.25) is 4.98 Å². The van der Waals surface area contributed by atoms with Gasteiger partial charge in [0.2, 0.25) is 0 Å². The summed E-state index contributed by atoms with van der Waals surface area (Å²) >= 11 is 0. The molecule has 1 aromatic rings. The lowest BCUT2D eigenvalue weighted by Crippen LogP contribution is -2.38. The first kappa shape index (κ1) is 9.46. The maximum atomic E-state index is 5.80. The molecule has 0 aromatic carbocycles. The van der Waals surface area contributed by atoms with E-state index < -0.39 is 0 Å². The lowest BCUT2D eigenvalue weighted by atomic mass is 9.76. The molecule has 1 aromatic heterocycles. The second kappa shape index (κ2) is 3.24. The van der Waals surface area contributed by atoms with Crippen LogP contribution in [0.15, 0.2) is 18.3 Å². The molecule has 14 heavy (non-hydrogen) atoms. The largest absolute Gasteiger partial charge is 0.491 e. The van der Waals surface area contributed by atoms with Crippen molar-refractivity contribution in [1.82, 2.24) is 4.98 Å². The van der Waals surface area contributed by atoms with E-state index in [-0.39, 0.29) is 5.41 Å². The highest BCUT2D eigenvalue weighted by Gasteiger charge is 2.37. The zero-order valence-electron chi connectivity index (χ0n) is 8.66. The molecule has 1 unspecified atom stereocenters. The van der Waals surface area contributed by atoms with Crippen LogP contribution in [-0.2, 0) is 0 Å². The number of rotatable bonds is 1. The Hall–Kier alpha value is -1.09. The molecule has 3 nitrogen and oxygen atoms in total. The number of aromatic nitrogens is 1. The smallest absolute Gasteiger partial charge is 0.141 e. The van der Waals surface area contributed by atoms with Gasteiger partial charge in [0.25, 0.3) is 0 Å². The first-order valence-electron chi connectivity index (χ1n) is 4.93. The van der Waals surface area contributed by atoms with Crippen molar-refractivity contribution in [3.63, 3.8) is 0 Å². The minimum atomic E-state index is 0.0795. The number of hydrogen-bond acceptors (Lipinski definition) is 3. The van der Waals surface area contributed by atoms with Crippen molar-refractivity contribution in [2.75, 3.05) is 13.2 Å². The van der Waals surface area contributed by atoms with E-state index in [1.54, 1.807) is 6.20 Å². The van der Waals surface area contributed by atoms with Gasteiger partial charge in [0.15, 0.2) is 0 Å². The fourth-order valence-corrected chi connectivity index (χ4v) is 1.95. The molecule has 2 rings (SSSR count). The monoisotopic (exact) mass is 192 g/mol. The van der Waals surface area contributed by atoms with Crippen molar-refractivity contribution in [2.45, 2.75) is 19.8 Å². The van der Waals surface area contributed by atoms with E-state index in [9.17, 15) is 0 Å². The summed E-state index contributed by atoms with van der Waals surface area (Å²) in [5.41, 5.74) is 6.88. The minimum absolute atomic E-state index is 0.0795. The summed E-state index contributed by atoms with van der Waals surface area (Å²) < 4.78 is 5.65. The predicted octanol–water partition coefficient (Wildman–Crippen LogP) is 1.54. The zero-order valence-corrected chi connectivity index (χ0v) is 8.66. The molecular weight excluding hydrogens is 176 g/mol. The third kappa shape index (κ3) is 1.38. The average Bonchev–Trinajstić information content (AvgIpc) is 2.17. The molecule has 0 spiro atoms. The van der Waals surface area contributed by atoms with Gasteiger partial charge in [-0.2, -0.15) is 0 Å². The molecule has 0 amide bonds. The van der Waals surface area contributed by atoms with E-state index >= 15 is 0 Å². The van der Waals surface area contributed by atoms with Crippen LogP contribution in [0.5, 0.6) is 5.75 Å². The Morgan fingerprint density at radius 1 is 1.64 bits per heavy atom. The molecule has 2 N–H and O–H groups in total. The summed E-state index contributed by atoms with van der Waals surface area (Å²) in [7, 11) is 0. The van der Waals surface area contributed by atoms with Gasteiger partial charge in [-0.1, -0.05) is 13.8 Å². The van der Waals surface area contributed by atoms with Crippen molar-refractivity contribution in [3.8, 4) is 5.75 Å². The summed E-state index contributed by atoms with van der Waals surface area (Å²) in [5.74, 6) is 1.19. The molecule has 1 atom stereocenters. The number of hydrogen-bond donors (Lipinski definition) is 1. The van der Waals surface area contributed by atoms with E-state index in [0.717, 1.165) is 11.4 Å². The van der Waals surface area contributed by atoms with Gasteiger partial charge >= 0.3 is 0 Å². The van der Waals surface area contributed by atoms with Crippen LogP contribution in [-0.4, -0.2) is 18.1 Å². The SMILES string of the molecule is CC1(C)COc2cccnc2C1CN. The quantitative estimate of drug-likeness (QED) is 0.734. The van der Waals surface area contributed by atoms with Gasteiger partial charge in [-0.15, -0.1) is 0 Å². The Balaban J connectivity index is 2.45. The van der Waals surface area contributed by atoms with Crippen molar-refractivity contribution in [1.29, 1.82) is 0 Å². The molecule has 1 aliphatic heterocycles. The van der Waals surface area contributed by atoms with E-state index in [0.29, 0.717) is 19.1 Å². The van der Waals surface area contributed by atoms with E-state index in [2.05, 4.69) is 18.8 Å². The number of pyridine rings is 1. The molecule has 1 aliphatic rings. The normalized spacial score (nSPS) is 23.8. The molecule has 0 saturated carbocycles. The van der Waals surface area contributed by atoms with Gasteiger partial charge in [-0.05, 0) is 12.1 Å². The molecule has 0 saturated heterocycles. The van der Waals surface area contributed by atoms with E-state index in [4.69, 9.17) is 10.5 Å². The second-order valence-corrected chi connectivity index (χ2v) is 4.45. The zero-order chi connectivity index (χ0) is 10.2. The standard InChI is InChI=1S/C11H16N2O/c1-11(2)7-14-9-4-3-5-13-10(9)8(11)6-12/h3-5,8H,6-7,12H2,1-2H3. The first-order valence-corrected chi connectivity index (χ1v) is 4.93. The predicted molar refractivity (Wildman–Crippen MR) is 55.3 cm³/mol. The third-order valence-corrected chi connectivity index (χ3v) is 2.91. The topological polar surface area (TPSA) is 48.1 Å². The molecule has 0 aliphatic carbocycles. The number of ether oxygens (including phenoxy) is 1. The van der Waals surface area contributed by atoms with Crippen molar-refractivity contribution in [3.05, 3.63) is 24.0 Å². The second-order valence-electron chi connectivity index (χ2n) is 4.45. The maximum absolute atomic E-state index is 5.80. The van der Waals surface area contributed by atoms with Gasteiger partial charge in [0.05, 0.1) is 12.3 Å². The van der Waals surface area contributed by atoms with Crippen LogP contribution in [0.1, 0.15) is 25.5 Å². The highest BCUT2D eigenvalue weighted by molar-refractivity contribution is 5.33. The van der Waals surface area contributed by atoms with Crippen LogP contribution in [0.4, 0.5) is 0 Å². The lowest BCUT2D eigenvalue weighted by Gasteiger charge is -2.38. The first-order chi connectivity index (χ1) is 6.65. The van der Waals surface area contributed by atoms with Crippen LogP contribution in [0.3, 0.4) is 0 Å². The molecule has 2 heterocycles. The highest BCUT2D eigenvalue weighted by Crippen LogP contribution is 2.42. The molecule has 76 valence electrons. The Kier molecular flexibility index (Phi) is 2.19. The summed E-state index contributed by atoms with van der Waals surface area (Å²) in [6.45, 7) is 5.68. The van der Waals surface area contributed by atoms with Crippen molar-refractivity contribution < 1.29 is 4.74 Å². The van der Waals surface area contributed by atoms with Crippen LogP contribution < -0.4 is 10.5 Å². The Labute approximate surface area is 84.3 Å². The van der Waals surface area contributed by atoms with Crippen molar-refractivity contribution in [2.24, 2.45) is 11.1 Å². The van der Waals surface area contributed by atoms with Gasteiger partial charge < -0.3 is 10.5 Å². The molecule has 3 heteroatoms. The van der Waals surface area contributed by atoms with E-state index in [1.807, 2.05) is 12.1 Å². The van der Waals surface area contributed by atoms with Crippen LogP contribution in [0.25, 0.3) is 0 Å². The highest BCUT2D eigenvalue weighted by atomic mass is 16.5. The maximum Gasteiger partial charge on any atom is 0.141 e. The average molecular weight is 192 g/mol. The van der Waals surface area contributed by atoms with Gasteiger partial charge in [0, 0.05) is 24.1 Å². The Morgan fingerprint density at radius 2 is 2.43 bits per heavy atom. The van der Waals surface area contributed by atoms with Crippen molar-refractivity contribution >= 4 is 0 Å². The van der Waals surface area contributed by atoms with Crippen LogP contribution in [0, 0.1) is 5.41 Å². The summed E-state index contributed by atoms with van der Waals surface area (Å²) in [6, 6.07) is 3.85. The summed E-state index contributed by atoms with van der Waals surface area (Å²) in [6.07, 6.45) is 1.80. The number of nitrogens with two attached hydrogens (primary N) is 1. The molecule has 0 bridgehead atoms. The Bertz CT molecular complexity index is 336. The fourth-order valence-electron chi connectivity index (χ4n) is 1.95. The van der Waals surface area contributed by atoms with Crippen LogP contribution in [0.2, 0.25) is 0 Å². The minimum Gasteiger partial charge on any atom is -0.491 e. The third-order valence-electron chi connectivity index (χ3n) is 2.91. The van der Waals surface area contributed by atoms with Gasteiger partial charge in [-0.25, -0.2) is 0 Å². The Morgan fingerprint density at radius 3 is 3.14 bits per heavy atom. The summed E-state index contributed by atoms with van der Waals surface area (Å²) in [5, 5.41) is 0. The van der Waals surface area contributed by atoms with Gasteiger partial charge in [0.1, 0.15) is 5.75 Å². The fraction of sp³-hybridized carbons (Fsp3) is 0.545. The molecule has 0 radical (unpaired) electrons.